The molecule has 4 rings (SSSR count). The van der Waals surface area contributed by atoms with Crippen molar-refractivity contribution in [1.82, 2.24) is 14.3 Å². The van der Waals surface area contributed by atoms with Gasteiger partial charge < -0.3 is 15.3 Å². The van der Waals surface area contributed by atoms with Crippen molar-refractivity contribution in [2.45, 2.75) is 18.4 Å². The van der Waals surface area contributed by atoms with Gasteiger partial charge in [-0.3, -0.25) is 9.20 Å². The lowest BCUT2D eigenvalue weighted by atomic mass is 9.88. The van der Waals surface area contributed by atoms with E-state index >= 15 is 0 Å². The summed E-state index contributed by atoms with van der Waals surface area (Å²) in [5.74, 6) is 1.19. The van der Waals surface area contributed by atoms with E-state index in [-0.39, 0.29) is 11.6 Å². The van der Waals surface area contributed by atoms with E-state index in [1.54, 1.807) is 16.7 Å². The first-order chi connectivity index (χ1) is 12.5. The molecule has 6 nitrogen and oxygen atoms in total. The molecule has 8 heteroatoms. The van der Waals surface area contributed by atoms with E-state index in [0.29, 0.717) is 26.9 Å². The third kappa shape index (κ3) is 3.36. The number of piperidine rings is 1. The van der Waals surface area contributed by atoms with Crippen molar-refractivity contribution in [3.8, 4) is 5.75 Å². The quantitative estimate of drug-likeness (QED) is 0.662. The van der Waals surface area contributed by atoms with Crippen molar-refractivity contribution >= 4 is 38.0 Å². The Morgan fingerprint density at radius 1 is 1.38 bits per heavy atom. The summed E-state index contributed by atoms with van der Waals surface area (Å²) in [5.41, 5.74) is 1.02. The van der Waals surface area contributed by atoms with Crippen LogP contribution >= 0.6 is 27.3 Å². The second kappa shape index (κ2) is 7.02. The first-order valence-electron chi connectivity index (χ1n) is 8.40. The smallest absolute Gasteiger partial charge is 0.275 e. The maximum atomic E-state index is 12.4. The van der Waals surface area contributed by atoms with Crippen molar-refractivity contribution in [2.75, 3.05) is 25.5 Å². The zero-order valence-corrected chi connectivity index (χ0v) is 16.6. The second-order valence-electron chi connectivity index (χ2n) is 6.73. The van der Waals surface area contributed by atoms with Gasteiger partial charge in [-0.1, -0.05) is 12.1 Å². The number of fused-ring (bicyclic) bond motifs is 1. The summed E-state index contributed by atoms with van der Waals surface area (Å²) in [5, 5.41) is 15.1. The molecule has 1 aliphatic heterocycles. The molecule has 1 saturated heterocycles. The fraction of sp³-hybridized carbons (Fsp3) is 0.333. The standard InChI is InChI=1S/C18H19BrN4O2S/c1-22-9-12(11-3-2-4-14(24)8-11)7-13(10-22)20-16-15(19)17(25)23-5-6-26-18(23)21-16/h2-6,8,12-13,20,24H,7,9-10H2,1H3/t12-,13+/m0/s1. The molecule has 3 aromatic rings. The average molecular weight is 435 g/mol. The molecule has 0 radical (unpaired) electrons. The van der Waals surface area contributed by atoms with Crippen molar-refractivity contribution in [3.05, 3.63) is 56.2 Å². The highest BCUT2D eigenvalue weighted by Gasteiger charge is 2.27. The minimum Gasteiger partial charge on any atom is -0.508 e. The number of hydrogen-bond donors (Lipinski definition) is 2. The first kappa shape index (κ1) is 17.5. The molecule has 0 bridgehead atoms. The van der Waals surface area contributed by atoms with E-state index in [4.69, 9.17) is 0 Å². The zero-order chi connectivity index (χ0) is 18.3. The Morgan fingerprint density at radius 3 is 3.04 bits per heavy atom. The first-order valence-corrected chi connectivity index (χ1v) is 10.1. The highest BCUT2D eigenvalue weighted by Crippen LogP contribution is 2.30. The molecule has 1 aromatic carbocycles. The lowest BCUT2D eigenvalue weighted by molar-refractivity contribution is 0.235. The van der Waals surface area contributed by atoms with E-state index in [2.05, 4.69) is 44.2 Å². The minimum atomic E-state index is -0.104. The van der Waals surface area contributed by atoms with E-state index < -0.39 is 0 Å². The van der Waals surface area contributed by atoms with Crippen LogP contribution in [-0.2, 0) is 0 Å². The van der Waals surface area contributed by atoms with Crippen LogP contribution in [0.25, 0.3) is 4.96 Å². The number of likely N-dealkylation sites (N-methyl/N-ethyl adjacent to an activating group) is 1. The topological polar surface area (TPSA) is 69.9 Å². The molecule has 1 aliphatic rings. The normalized spacial score (nSPS) is 21.2. The van der Waals surface area contributed by atoms with Gasteiger partial charge in [0.1, 0.15) is 16.0 Å². The van der Waals surface area contributed by atoms with Crippen LogP contribution in [0, 0.1) is 0 Å². The molecule has 2 atom stereocenters. The molecular formula is C18H19BrN4O2S. The third-order valence-electron chi connectivity index (χ3n) is 4.73. The molecule has 0 saturated carbocycles. The molecule has 0 amide bonds. The highest BCUT2D eigenvalue weighted by molar-refractivity contribution is 9.10. The monoisotopic (exact) mass is 434 g/mol. The Hall–Kier alpha value is -1.90. The summed E-state index contributed by atoms with van der Waals surface area (Å²) in [6, 6.07) is 7.62. The summed E-state index contributed by atoms with van der Waals surface area (Å²) < 4.78 is 2.00. The summed E-state index contributed by atoms with van der Waals surface area (Å²) in [7, 11) is 2.09. The predicted octanol–water partition coefficient (Wildman–Crippen LogP) is 3.12. The number of nitrogens with one attached hydrogen (secondary N) is 1. The second-order valence-corrected chi connectivity index (χ2v) is 8.39. The maximum Gasteiger partial charge on any atom is 0.275 e. The van der Waals surface area contributed by atoms with Gasteiger partial charge in [0.15, 0.2) is 4.96 Å². The van der Waals surface area contributed by atoms with Crippen molar-refractivity contribution < 1.29 is 5.11 Å². The number of thiazole rings is 1. The number of aromatic hydroxyl groups is 1. The summed E-state index contributed by atoms with van der Waals surface area (Å²) in [6.07, 6.45) is 2.64. The van der Waals surface area contributed by atoms with E-state index in [1.165, 1.54) is 11.3 Å². The minimum absolute atomic E-state index is 0.104. The molecule has 2 N–H and O–H groups in total. The van der Waals surface area contributed by atoms with Crippen molar-refractivity contribution in [3.63, 3.8) is 0 Å². The molecule has 0 aliphatic carbocycles. The van der Waals surface area contributed by atoms with Gasteiger partial charge in [0.2, 0.25) is 0 Å². The van der Waals surface area contributed by atoms with Crippen LogP contribution in [0.5, 0.6) is 5.75 Å². The number of rotatable bonds is 3. The predicted molar refractivity (Wildman–Crippen MR) is 107 cm³/mol. The Kier molecular flexibility index (Phi) is 4.73. The molecule has 26 heavy (non-hydrogen) atoms. The van der Waals surface area contributed by atoms with Gasteiger partial charge in [0.25, 0.3) is 5.56 Å². The van der Waals surface area contributed by atoms with E-state index in [0.717, 1.165) is 25.1 Å². The average Bonchev–Trinajstić information content (AvgIpc) is 3.07. The molecule has 1 fully saturated rings. The van der Waals surface area contributed by atoms with Gasteiger partial charge in [0, 0.05) is 30.7 Å². The van der Waals surface area contributed by atoms with Gasteiger partial charge in [-0.15, -0.1) is 11.3 Å². The van der Waals surface area contributed by atoms with E-state index in [1.807, 2.05) is 17.5 Å². The van der Waals surface area contributed by atoms with Crippen LogP contribution in [0.2, 0.25) is 0 Å². The van der Waals surface area contributed by atoms with Crippen LogP contribution < -0.4 is 10.9 Å². The number of phenols is 1. The molecule has 3 heterocycles. The molecular weight excluding hydrogens is 416 g/mol. The Morgan fingerprint density at radius 2 is 2.23 bits per heavy atom. The fourth-order valence-electron chi connectivity index (χ4n) is 3.59. The van der Waals surface area contributed by atoms with Gasteiger partial charge in [-0.05, 0) is 53.0 Å². The van der Waals surface area contributed by atoms with Crippen LogP contribution in [-0.4, -0.2) is 45.6 Å². The van der Waals surface area contributed by atoms with Crippen LogP contribution in [0.3, 0.4) is 0 Å². The van der Waals surface area contributed by atoms with E-state index in [9.17, 15) is 9.90 Å². The lowest BCUT2D eigenvalue weighted by Crippen LogP contribution is -2.43. The van der Waals surface area contributed by atoms with Crippen LogP contribution in [0.4, 0.5) is 5.82 Å². The third-order valence-corrected chi connectivity index (χ3v) is 6.20. The Bertz CT molecular complexity index is 1000. The maximum absolute atomic E-state index is 12.4. The van der Waals surface area contributed by atoms with Gasteiger partial charge in [-0.25, -0.2) is 4.98 Å². The number of likely N-dealkylation sites (tertiary alicyclic amines) is 1. The van der Waals surface area contributed by atoms with Gasteiger partial charge in [0.05, 0.1) is 0 Å². The Balaban J connectivity index is 1.60. The number of nitrogens with zero attached hydrogens (tertiary/aromatic N) is 3. The Labute approximate surface area is 163 Å². The van der Waals surface area contributed by atoms with Gasteiger partial charge >= 0.3 is 0 Å². The fourth-order valence-corrected chi connectivity index (χ4v) is 4.69. The molecule has 0 spiro atoms. The summed E-state index contributed by atoms with van der Waals surface area (Å²) in [4.78, 5) is 20.0. The number of phenolic OH excluding ortho intramolecular Hbond substituents is 1. The SMILES string of the molecule is CN1C[C@H](Nc2nc3sccn3c(=O)c2Br)C[C@H](c2cccc(O)c2)C1. The molecule has 136 valence electrons. The van der Waals surface area contributed by atoms with Crippen molar-refractivity contribution in [1.29, 1.82) is 0 Å². The number of benzene rings is 1. The van der Waals surface area contributed by atoms with Crippen LogP contribution in [0.15, 0.2) is 45.1 Å². The zero-order valence-electron chi connectivity index (χ0n) is 14.2. The highest BCUT2D eigenvalue weighted by atomic mass is 79.9. The van der Waals surface area contributed by atoms with Gasteiger partial charge in [-0.2, -0.15) is 0 Å². The molecule has 0 unspecified atom stereocenters. The number of hydrogen-bond acceptors (Lipinski definition) is 6. The summed E-state index contributed by atoms with van der Waals surface area (Å²) in [6.45, 7) is 1.80. The number of anilines is 1. The van der Waals surface area contributed by atoms with Crippen LogP contribution in [0.1, 0.15) is 17.9 Å². The largest absolute Gasteiger partial charge is 0.508 e. The molecule has 2 aromatic heterocycles. The number of halogens is 1. The lowest BCUT2D eigenvalue weighted by Gasteiger charge is -2.36. The van der Waals surface area contributed by atoms with Crippen molar-refractivity contribution in [2.24, 2.45) is 0 Å². The summed E-state index contributed by atoms with van der Waals surface area (Å²) >= 11 is 4.84. The number of aromatic nitrogens is 2.